The molecule has 0 fully saturated rings. The van der Waals surface area contributed by atoms with Crippen molar-refractivity contribution < 1.29 is 80.2 Å². The van der Waals surface area contributed by atoms with Crippen molar-refractivity contribution >= 4 is 39.5 Å². The van der Waals surface area contributed by atoms with Gasteiger partial charge in [-0.25, -0.2) is 9.13 Å². The van der Waals surface area contributed by atoms with Crippen molar-refractivity contribution in [1.29, 1.82) is 0 Å². The summed E-state index contributed by atoms with van der Waals surface area (Å²) in [6.45, 7) is 13.9. The van der Waals surface area contributed by atoms with E-state index in [1.807, 2.05) is 0 Å². The van der Waals surface area contributed by atoms with Gasteiger partial charge in [-0.2, -0.15) is 0 Å². The molecule has 19 heteroatoms. The number of phosphoric acid groups is 2. The standard InChI is InChI=1S/C64H124O17P2/c1-9-57(8)43-35-27-18-12-10-11-13-19-30-38-46-63(68)80-60(51-75-62(67)45-37-29-23-22-26-34-42-56(6)7)53-79-83(72,73)77-49-58(65)48-76-82(70,71)78-52-59(81-64(69)47-39-31-21-15-17-25-33-41-55(4)5)50-74-61(66)44-36-28-20-14-16-24-32-40-54(2)3/h54-60,65H,9-53H2,1-8H3,(H,70,71)(H,72,73)/t57?,58-,59-,60-/m1/s1. The summed E-state index contributed by atoms with van der Waals surface area (Å²) in [5.74, 6) is 0.741. The van der Waals surface area contributed by atoms with Gasteiger partial charge in [0.1, 0.15) is 19.3 Å². The molecule has 492 valence electrons. The molecule has 0 spiro atoms. The summed E-state index contributed by atoms with van der Waals surface area (Å²) in [6.07, 6.45) is 33.7. The van der Waals surface area contributed by atoms with Crippen LogP contribution < -0.4 is 0 Å². The second-order valence-corrected chi connectivity index (χ2v) is 27.7. The molecule has 0 bridgehead atoms. The fraction of sp³-hybridized carbons (Fsp3) is 0.938. The molecule has 0 saturated carbocycles. The molecule has 0 aromatic carbocycles. The number of carbonyl (C=O) groups excluding carboxylic acids is 4. The summed E-state index contributed by atoms with van der Waals surface area (Å²) >= 11 is 0. The van der Waals surface area contributed by atoms with E-state index in [0.717, 1.165) is 109 Å². The molecule has 0 aromatic rings. The number of hydrogen-bond acceptors (Lipinski definition) is 15. The van der Waals surface area contributed by atoms with Gasteiger partial charge < -0.3 is 33.8 Å². The second-order valence-electron chi connectivity index (χ2n) is 24.8. The third-order valence-electron chi connectivity index (χ3n) is 14.9. The predicted octanol–water partition coefficient (Wildman–Crippen LogP) is 17.4. The van der Waals surface area contributed by atoms with Crippen molar-refractivity contribution in [2.24, 2.45) is 23.7 Å². The number of rotatable bonds is 61. The topological polar surface area (TPSA) is 237 Å². The van der Waals surface area contributed by atoms with Gasteiger partial charge in [-0.15, -0.1) is 0 Å². The number of esters is 4. The van der Waals surface area contributed by atoms with E-state index >= 15 is 0 Å². The van der Waals surface area contributed by atoms with Crippen molar-refractivity contribution in [3.8, 4) is 0 Å². The van der Waals surface area contributed by atoms with E-state index in [0.29, 0.717) is 43.4 Å². The first-order valence-electron chi connectivity index (χ1n) is 33.2. The van der Waals surface area contributed by atoms with E-state index in [4.69, 9.17) is 37.0 Å². The number of phosphoric ester groups is 2. The number of aliphatic hydroxyl groups excluding tert-OH is 1. The molecule has 0 aliphatic carbocycles. The summed E-state index contributed by atoms with van der Waals surface area (Å²) in [5.41, 5.74) is 0. The second kappa shape index (κ2) is 54.2. The maximum absolute atomic E-state index is 13.0. The quantitative estimate of drug-likeness (QED) is 0.0222. The van der Waals surface area contributed by atoms with E-state index in [1.54, 1.807) is 0 Å². The normalized spacial score (nSPS) is 14.8. The first kappa shape index (κ1) is 81.1. The highest BCUT2D eigenvalue weighted by atomic mass is 31.2. The molecular weight excluding hydrogens is 1100 g/mol. The summed E-state index contributed by atoms with van der Waals surface area (Å²) in [4.78, 5) is 72.2. The lowest BCUT2D eigenvalue weighted by atomic mass is 9.99. The average molecular weight is 1230 g/mol. The molecule has 17 nitrogen and oxygen atoms in total. The zero-order chi connectivity index (χ0) is 61.8. The van der Waals surface area contributed by atoms with Gasteiger partial charge in [0.2, 0.25) is 0 Å². The van der Waals surface area contributed by atoms with Crippen LogP contribution in [0.1, 0.15) is 306 Å². The molecule has 0 aliphatic heterocycles. The summed E-state index contributed by atoms with van der Waals surface area (Å²) < 4.78 is 67.9. The smallest absolute Gasteiger partial charge is 0.462 e. The van der Waals surface area contributed by atoms with Gasteiger partial charge in [0, 0.05) is 25.7 Å². The van der Waals surface area contributed by atoms with E-state index in [9.17, 15) is 43.2 Å². The Bertz CT molecular complexity index is 1660. The Labute approximate surface area is 505 Å². The molecular formula is C64H124O17P2. The van der Waals surface area contributed by atoms with Crippen LogP contribution in [0.2, 0.25) is 0 Å². The van der Waals surface area contributed by atoms with Crippen molar-refractivity contribution in [3.05, 3.63) is 0 Å². The first-order chi connectivity index (χ1) is 39.6. The molecule has 83 heavy (non-hydrogen) atoms. The molecule has 0 aliphatic rings. The Balaban J connectivity index is 5.24. The number of unbranched alkanes of at least 4 members (excludes halogenated alkanes) is 26. The average Bonchev–Trinajstić information content (AvgIpc) is 3.43. The van der Waals surface area contributed by atoms with Crippen LogP contribution in [0.3, 0.4) is 0 Å². The predicted molar refractivity (Wildman–Crippen MR) is 331 cm³/mol. The van der Waals surface area contributed by atoms with E-state index in [1.165, 1.54) is 96.3 Å². The van der Waals surface area contributed by atoms with Gasteiger partial charge in [0.15, 0.2) is 12.2 Å². The molecule has 0 heterocycles. The summed E-state index contributed by atoms with van der Waals surface area (Å²) in [5, 5.41) is 10.5. The largest absolute Gasteiger partial charge is 0.472 e. The number of ether oxygens (including phenoxy) is 4. The molecule has 0 aromatic heterocycles. The van der Waals surface area contributed by atoms with Crippen LogP contribution >= 0.6 is 15.6 Å². The van der Waals surface area contributed by atoms with Gasteiger partial charge in [-0.1, -0.05) is 254 Å². The third kappa shape index (κ3) is 57.6. The van der Waals surface area contributed by atoms with Crippen LogP contribution in [0.5, 0.6) is 0 Å². The first-order valence-corrected chi connectivity index (χ1v) is 36.2. The van der Waals surface area contributed by atoms with Crippen molar-refractivity contribution in [2.45, 2.75) is 324 Å². The lowest BCUT2D eigenvalue weighted by Crippen LogP contribution is -2.30. The molecule has 0 saturated heterocycles. The van der Waals surface area contributed by atoms with Crippen LogP contribution in [0, 0.1) is 23.7 Å². The minimum atomic E-state index is -4.95. The summed E-state index contributed by atoms with van der Waals surface area (Å²) in [7, 11) is -9.89. The van der Waals surface area contributed by atoms with Crippen LogP contribution in [0.25, 0.3) is 0 Å². The van der Waals surface area contributed by atoms with Crippen LogP contribution in [-0.2, 0) is 65.4 Å². The maximum atomic E-state index is 13.0. The van der Waals surface area contributed by atoms with Crippen LogP contribution in [0.4, 0.5) is 0 Å². The summed E-state index contributed by atoms with van der Waals surface area (Å²) in [6, 6.07) is 0. The molecule has 0 amide bonds. The Morgan fingerprint density at radius 1 is 0.337 bits per heavy atom. The van der Waals surface area contributed by atoms with Gasteiger partial charge >= 0.3 is 39.5 Å². The Kier molecular flexibility index (Phi) is 53.0. The Morgan fingerprint density at radius 2 is 0.578 bits per heavy atom. The lowest BCUT2D eigenvalue weighted by molar-refractivity contribution is -0.161. The van der Waals surface area contributed by atoms with Crippen LogP contribution in [0.15, 0.2) is 0 Å². The molecule has 0 rings (SSSR count). The number of aliphatic hydroxyl groups is 1. The van der Waals surface area contributed by atoms with Gasteiger partial charge in [-0.05, 0) is 49.4 Å². The highest BCUT2D eigenvalue weighted by Crippen LogP contribution is 2.45. The fourth-order valence-corrected chi connectivity index (χ4v) is 11.0. The Morgan fingerprint density at radius 3 is 0.855 bits per heavy atom. The van der Waals surface area contributed by atoms with Gasteiger partial charge in [0.25, 0.3) is 0 Å². The highest BCUT2D eigenvalue weighted by Gasteiger charge is 2.30. The third-order valence-corrected chi connectivity index (χ3v) is 16.8. The molecule has 3 unspecified atom stereocenters. The number of carbonyl (C=O) groups is 4. The van der Waals surface area contributed by atoms with E-state index in [2.05, 4.69) is 55.4 Å². The Hall–Kier alpha value is -1.94. The number of hydrogen-bond donors (Lipinski definition) is 3. The van der Waals surface area contributed by atoms with Crippen molar-refractivity contribution in [1.82, 2.24) is 0 Å². The van der Waals surface area contributed by atoms with Crippen molar-refractivity contribution in [3.63, 3.8) is 0 Å². The molecule has 3 N–H and O–H groups in total. The van der Waals surface area contributed by atoms with E-state index < -0.39 is 97.5 Å². The maximum Gasteiger partial charge on any atom is 0.472 e. The SMILES string of the molecule is CCC(C)CCCCCCCCCCCCC(=O)O[C@H](COC(=O)CCCCCCCCC(C)C)COP(=O)(O)OC[C@H](O)COP(=O)(O)OC[C@@H](COC(=O)CCCCCCCCCC(C)C)OC(=O)CCCCCCCCCC(C)C. The zero-order valence-electron chi connectivity index (χ0n) is 53.8. The van der Waals surface area contributed by atoms with E-state index in [-0.39, 0.29) is 25.7 Å². The zero-order valence-corrected chi connectivity index (χ0v) is 55.6. The van der Waals surface area contributed by atoms with Gasteiger partial charge in [0.05, 0.1) is 26.4 Å². The van der Waals surface area contributed by atoms with Crippen molar-refractivity contribution in [2.75, 3.05) is 39.6 Å². The fourth-order valence-electron chi connectivity index (χ4n) is 9.40. The highest BCUT2D eigenvalue weighted by molar-refractivity contribution is 7.47. The minimum absolute atomic E-state index is 0.102. The lowest BCUT2D eigenvalue weighted by Gasteiger charge is -2.21. The van der Waals surface area contributed by atoms with Gasteiger partial charge in [-0.3, -0.25) is 37.3 Å². The monoisotopic (exact) mass is 1230 g/mol. The molecule has 6 atom stereocenters. The molecule has 0 radical (unpaired) electrons. The van der Waals surface area contributed by atoms with Crippen LogP contribution in [-0.4, -0.2) is 96.7 Å². The minimum Gasteiger partial charge on any atom is -0.462 e.